The highest BCUT2D eigenvalue weighted by Crippen LogP contribution is 2.24. The number of benzene rings is 2. The van der Waals surface area contributed by atoms with Crippen LogP contribution in [0.1, 0.15) is 5.56 Å². The first-order chi connectivity index (χ1) is 12.8. The molecule has 0 unspecified atom stereocenters. The molecule has 0 heterocycles. The molecule has 0 aliphatic heterocycles. The molecule has 0 aliphatic rings. The summed E-state index contributed by atoms with van der Waals surface area (Å²) in [6.45, 7) is 0.221. The monoisotopic (exact) mass is 446 g/mol. The summed E-state index contributed by atoms with van der Waals surface area (Å²) in [5.74, 6) is 1.10. The van der Waals surface area contributed by atoms with E-state index in [4.69, 9.17) is 23.2 Å². The van der Waals surface area contributed by atoms with Crippen molar-refractivity contribution in [2.45, 2.75) is 10.6 Å². The number of hydrogen-bond acceptors (Lipinski definition) is 4. The molecule has 0 saturated carbocycles. The third kappa shape index (κ3) is 6.69. The van der Waals surface area contributed by atoms with Crippen LogP contribution in [0.15, 0.2) is 53.4 Å². The van der Waals surface area contributed by atoms with Crippen LogP contribution < -0.4 is 5.32 Å². The lowest BCUT2D eigenvalue weighted by molar-refractivity contribution is -0.121. The highest BCUT2D eigenvalue weighted by molar-refractivity contribution is 7.98. The summed E-state index contributed by atoms with van der Waals surface area (Å²) in [4.78, 5) is 12.2. The summed E-state index contributed by atoms with van der Waals surface area (Å²) in [6, 6.07) is 13.5. The maximum absolute atomic E-state index is 12.4. The average molecular weight is 447 g/mol. The number of nitrogens with zero attached hydrogens (tertiary/aromatic N) is 1. The molecule has 0 aliphatic carbocycles. The molecule has 1 N–H and O–H groups in total. The SMILES string of the molecule is CN(CC(=O)NCCSCc1ccc(Cl)c(Cl)c1)S(=O)(=O)c1ccccc1. The van der Waals surface area contributed by atoms with E-state index in [0.717, 1.165) is 15.6 Å². The number of halogens is 2. The number of nitrogens with one attached hydrogen (secondary N) is 1. The average Bonchev–Trinajstić information content (AvgIpc) is 2.65. The molecule has 2 aromatic rings. The van der Waals surface area contributed by atoms with E-state index in [2.05, 4.69) is 5.32 Å². The molecule has 0 spiro atoms. The quantitative estimate of drug-likeness (QED) is 0.596. The van der Waals surface area contributed by atoms with Crippen molar-refractivity contribution in [1.82, 2.24) is 9.62 Å². The Kier molecular flexibility index (Phi) is 8.44. The van der Waals surface area contributed by atoms with Gasteiger partial charge in [-0.05, 0) is 29.8 Å². The zero-order valence-electron chi connectivity index (χ0n) is 14.7. The number of thioether (sulfide) groups is 1. The van der Waals surface area contributed by atoms with Gasteiger partial charge in [0.1, 0.15) is 0 Å². The van der Waals surface area contributed by atoms with E-state index in [1.807, 2.05) is 12.1 Å². The van der Waals surface area contributed by atoms with Crippen molar-refractivity contribution in [2.75, 3.05) is 25.9 Å². The molecule has 146 valence electrons. The molecule has 0 bridgehead atoms. The van der Waals surface area contributed by atoms with E-state index >= 15 is 0 Å². The van der Waals surface area contributed by atoms with Gasteiger partial charge in [0.2, 0.25) is 15.9 Å². The Morgan fingerprint density at radius 1 is 1.11 bits per heavy atom. The van der Waals surface area contributed by atoms with Gasteiger partial charge in [0, 0.05) is 25.1 Å². The minimum absolute atomic E-state index is 0.164. The molecule has 2 rings (SSSR count). The first kappa shape index (κ1) is 22.0. The second-order valence-electron chi connectivity index (χ2n) is 5.73. The molecule has 2 aromatic carbocycles. The van der Waals surface area contributed by atoms with Crippen molar-refractivity contribution in [3.63, 3.8) is 0 Å². The van der Waals surface area contributed by atoms with Crippen LogP contribution in [0.3, 0.4) is 0 Å². The molecule has 0 radical (unpaired) electrons. The minimum atomic E-state index is -3.67. The van der Waals surface area contributed by atoms with Gasteiger partial charge in [0.25, 0.3) is 0 Å². The van der Waals surface area contributed by atoms with Gasteiger partial charge in [-0.1, -0.05) is 47.5 Å². The van der Waals surface area contributed by atoms with Crippen molar-refractivity contribution >= 4 is 50.9 Å². The largest absolute Gasteiger partial charge is 0.354 e. The second-order valence-corrected chi connectivity index (χ2v) is 9.69. The minimum Gasteiger partial charge on any atom is -0.354 e. The van der Waals surface area contributed by atoms with Crippen molar-refractivity contribution in [1.29, 1.82) is 0 Å². The number of sulfonamides is 1. The van der Waals surface area contributed by atoms with Gasteiger partial charge >= 0.3 is 0 Å². The zero-order valence-corrected chi connectivity index (χ0v) is 17.8. The van der Waals surface area contributed by atoms with Gasteiger partial charge < -0.3 is 5.32 Å². The molecule has 1 amide bonds. The molecule has 0 atom stereocenters. The third-order valence-electron chi connectivity index (χ3n) is 3.64. The number of carbonyl (C=O) groups excluding carboxylic acids is 1. The summed E-state index contributed by atoms with van der Waals surface area (Å²) in [7, 11) is -2.28. The maximum atomic E-state index is 12.4. The van der Waals surface area contributed by atoms with Gasteiger partial charge in [0.15, 0.2) is 0 Å². The number of carbonyl (C=O) groups is 1. The number of hydrogen-bond donors (Lipinski definition) is 1. The van der Waals surface area contributed by atoms with Crippen LogP contribution in [-0.2, 0) is 20.6 Å². The fourth-order valence-corrected chi connectivity index (χ4v) is 4.47. The van der Waals surface area contributed by atoms with Crippen LogP contribution in [0.5, 0.6) is 0 Å². The van der Waals surface area contributed by atoms with Crippen molar-refractivity contribution < 1.29 is 13.2 Å². The normalized spacial score (nSPS) is 11.6. The van der Waals surface area contributed by atoms with Gasteiger partial charge in [-0.3, -0.25) is 4.79 Å². The third-order valence-corrected chi connectivity index (χ3v) is 7.23. The predicted molar refractivity (Wildman–Crippen MR) is 112 cm³/mol. The van der Waals surface area contributed by atoms with E-state index in [0.29, 0.717) is 22.3 Å². The van der Waals surface area contributed by atoms with Crippen LogP contribution in [0.25, 0.3) is 0 Å². The summed E-state index contributed by atoms with van der Waals surface area (Å²) >= 11 is 13.5. The maximum Gasteiger partial charge on any atom is 0.243 e. The number of rotatable bonds is 9. The van der Waals surface area contributed by atoms with E-state index in [1.54, 1.807) is 36.0 Å². The smallest absolute Gasteiger partial charge is 0.243 e. The molecular formula is C18H20Cl2N2O3S2. The predicted octanol–water partition coefficient (Wildman–Crippen LogP) is 3.66. The van der Waals surface area contributed by atoms with Gasteiger partial charge in [-0.2, -0.15) is 16.1 Å². The van der Waals surface area contributed by atoms with E-state index in [-0.39, 0.29) is 17.3 Å². The summed E-state index contributed by atoms with van der Waals surface area (Å²) < 4.78 is 25.8. The Balaban J connectivity index is 1.72. The van der Waals surface area contributed by atoms with Gasteiger partial charge in [-0.15, -0.1) is 0 Å². The van der Waals surface area contributed by atoms with Gasteiger partial charge in [-0.25, -0.2) is 8.42 Å². The van der Waals surface area contributed by atoms with Crippen molar-refractivity contribution in [2.24, 2.45) is 0 Å². The topological polar surface area (TPSA) is 66.5 Å². The van der Waals surface area contributed by atoms with Crippen molar-refractivity contribution in [3.8, 4) is 0 Å². The highest BCUT2D eigenvalue weighted by atomic mass is 35.5. The summed E-state index contributed by atoms with van der Waals surface area (Å²) in [5.41, 5.74) is 1.05. The first-order valence-corrected chi connectivity index (χ1v) is 11.5. The number of likely N-dealkylation sites (N-methyl/N-ethyl adjacent to an activating group) is 1. The molecular weight excluding hydrogens is 427 g/mol. The lowest BCUT2D eigenvalue weighted by Gasteiger charge is -2.16. The fourth-order valence-electron chi connectivity index (χ4n) is 2.20. The van der Waals surface area contributed by atoms with Crippen LogP contribution >= 0.6 is 35.0 Å². The Bertz CT molecular complexity index is 877. The van der Waals surface area contributed by atoms with Crippen LogP contribution in [0.2, 0.25) is 10.0 Å². The Morgan fingerprint density at radius 3 is 2.48 bits per heavy atom. The summed E-state index contributed by atoms with van der Waals surface area (Å²) in [6.07, 6.45) is 0. The lowest BCUT2D eigenvalue weighted by Crippen LogP contribution is -2.39. The van der Waals surface area contributed by atoms with Gasteiger partial charge in [0.05, 0.1) is 21.5 Å². The Hall–Kier alpha value is -1.25. The molecule has 9 heteroatoms. The lowest BCUT2D eigenvalue weighted by atomic mass is 10.2. The fraction of sp³-hybridized carbons (Fsp3) is 0.278. The van der Waals surface area contributed by atoms with Crippen LogP contribution in [-0.4, -0.2) is 44.5 Å². The molecule has 0 aromatic heterocycles. The van der Waals surface area contributed by atoms with Crippen molar-refractivity contribution in [3.05, 3.63) is 64.1 Å². The Morgan fingerprint density at radius 2 is 1.81 bits per heavy atom. The van der Waals surface area contributed by atoms with E-state index in [9.17, 15) is 13.2 Å². The van der Waals surface area contributed by atoms with E-state index < -0.39 is 10.0 Å². The van der Waals surface area contributed by atoms with Crippen LogP contribution in [0.4, 0.5) is 0 Å². The Labute approximate surface area is 174 Å². The second kappa shape index (κ2) is 10.3. The molecule has 0 saturated heterocycles. The molecule has 5 nitrogen and oxygen atoms in total. The van der Waals surface area contributed by atoms with E-state index in [1.165, 1.54) is 19.2 Å². The highest BCUT2D eigenvalue weighted by Gasteiger charge is 2.22. The molecule has 27 heavy (non-hydrogen) atoms. The summed E-state index contributed by atoms with van der Waals surface area (Å²) in [5, 5.41) is 3.77. The number of amides is 1. The molecule has 0 fully saturated rings. The zero-order chi connectivity index (χ0) is 19.9. The first-order valence-electron chi connectivity index (χ1n) is 8.10. The standard InChI is InChI=1S/C18H20Cl2N2O3S2/c1-22(27(24,25)15-5-3-2-4-6-15)12-18(23)21-9-10-26-13-14-7-8-16(19)17(20)11-14/h2-8,11H,9-10,12-13H2,1H3,(H,21,23). The van der Waals surface area contributed by atoms with Crippen LogP contribution in [0, 0.1) is 0 Å².